The van der Waals surface area contributed by atoms with E-state index >= 15 is 0 Å². The summed E-state index contributed by atoms with van der Waals surface area (Å²) >= 11 is 0. The van der Waals surface area contributed by atoms with Crippen molar-refractivity contribution in [3.05, 3.63) is 119 Å². The molecule has 0 heterocycles. The molecule has 2 unspecified atom stereocenters. The minimum atomic E-state index is -1.68. The number of carboxylic acid groups (broad SMARTS) is 1. The molecular formula is C42H52N2O7. The van der Waals surface area contributed by atoms with E-state index in [9.17, 15) is 19.5 Å². The van der Waals surface area contributed by atoms with E-state index in [2.05, 4.69) is 67.9 Å². The standard InChI is InChI=1S/C42H52N2O7/c1-31-21-22-33(27-32(31)2)15-10-6-14-26-49-39(40(42(47)48)50-30-38(45)43-51-29-35-17-7-4-8-18-35)41(46)44(3)25-13-5-9-16-34-23-24-36-19-11-12-20-37(36)28-34/h4,7-8,11-12,17-24,27-28,39-40H,5-6,9-10,13-16,25-26,29-30H2,1-3H3,(H,43,45)(H,47,48). The van der Waals surface area contributed by atoms with Crippen LogP contribution in [0.2, 0.25) is 0 Å². The van der Waals surface area contributed by atoms with E-state index in [0.29, 0.717) is 13.0 Å². The summed E-state index contributed by atoms with van der Waals surface area (Å²) in [5, 5.41) is 12.5. The number of rotatable bonds is 22. The highest BCUT2D eigenvalue weighted by molar-refractivity contribution is 5.88. The van der Waals surface area contributed by atoms with Crippen molar-refractivity contribution < 1.29 is 33.8 Å². The number of nitrogens with one attached hydrogen (secondary N) is 1. The van der Waals surface area contributed by atoms with Gasteiger partial charge in [0.25, 0.3) is 11.8 Å². The zero-order valence-electron chi connectivity index (χ0n) is 30.1. The van der Waals surface area contributed by atoms with E-state index in [4.69, 9.17) is 14.3 Å². The zero-order chi connectivity index (χ0) is 36.4. The van der Waals surface area contributed by atoms with Crippen LogP contribution >= 0.6 is 0 Å². The summed E-state index contributed by atoms with van der Waals surface area (Å²) in [6, 6.07) is 30.6. The number of ether oxygens (including phenoxy) is 2. The SMILES string of the molecule is Cc1ccc(CCCCCOC(C(=O)N(C)CCCCCc2ccc3ccccc3c2)C(OCC(=O)NOCc2ccccc2)C(=O)O)cc1C. The Hall–Kier alpha value is -4.57. The Morgan fingerprint density at radius 2 is 1.35 bits per heavy atom. The van der Waals surface area contributed by atoms with Crippen LogP contribution in [0.3, 0.4) is 0 Å². The third-order valence-electron chi connectivity index (χ3n) is 9.05. The van der Waals surface area contributed by atoms with E-state index in [1.807, 2.05) is 42.5 Å². The summed E-state index contributed by atoms with van der Waals surface area (Å²) in [5.41, 5.74) is 8.20. The monoisotopic (exact) mass is 696 g/mol. The average molecular weight is 697 g/mol. The van der Waals surface area contributed by atoms with E-state index in [1.165, 1.54) is 37.9 Å². The molecule has 2 N–H and O–H groups in total. The van der Waals surface area contributed by atoms with Crippen LogP contribution in [-0.2, 0) is 48.1 Å². The maximum absolute atomic E-state index is 13.7. The van der Waals surface area contributed by atoms with Gasteiger partial charge in [-0.1, -0.05) is 104 Å². The minimum Gasteiger partial charge on any atom is -0.479 e. The predicted octanol–water partition coefficient (Wildman–Crippen LogP) is 7.14. The normalized spacial score (nSPS) is 12.4. The number of likely N-dealkylation sites (N-methyl/N-ethyl adjacent to an activating group) is 1. The van der Waals surface area contributed by atoms with Crippen molar-refractivity contribution >= 4 is 28.6 Å². The molecule has 0 bridgehead atoms. The summed E-state index contributed by atoms with van der Waals surface area (Å²) in [6.45, 7) is 4.34. The van der Waals surface area contributed by atoms with E-state index in [0.717, 1.165) is 50.5 Å². The molecule has 0 saturated heterocycles. The molecule has 0 spiro atoms. The zero-order valence-corrected chi connectivity index (χ0v) is 30.1. The number of hydrogen-bond donors (Lipinski definition) is 2. The molecule has 0 aliphatic rings. The van der Waals surface area contributed by atoms with Crippen molar-refractivity contribution in [1.82, 2.24) is 10.4 Å². The number of nitrogens with zero attached hydrogens (tertiary/aromatic N) is 1. The Bertz CT molecular complexity index is 1690. The molecule has 0 saturated carbocycles. The molecule has 4 rings (SSSR count). The third kappa shape index (κ3) is 13.2. The van der Waals surface area contributed by atoms with Gasteiger partial charge in [-0.25, -0.2) is 10.3 Å². The predicted molar refractivity (Wildman–Crippen MR) is 199 cm³/mol. The fraction of sp³-hybridized carbons (Fsp3) is 0.405. The fourth-order valence-corrected chi connectivity index (χ4v) is 5.90. The van der Waals surface area contributed by atoms with Crippen molar-refractivity contribution in [2.75, 3.05) is 26.8 Å². The molecule has 0 aromatic heterocycles. The Balaban J connectivity index is 1.27. The molecule has 2 atom stereocenters. The molecular weight excluding hydrogens is 644 g/mol. The van der Waals surface area contributed by atoms with Crippen LogP contribution in [-0.4, -0.2) is 66.8 Å². The van der Waals surface area contributed by atoms with Crippen LogP contribution < -0.4 is 5.48 Å². The number of aliphatic carboxylic acids is 1. The second-order valence-corrected chi connectivity index (χ2v) is 13.1. The van der Waals surface area contributed by atoms with Gasteiger partial charge in [0.2, 0.25) is 0 Å². The van der Waals surface area contributed by atoms with Gasteiger partial charge in [0.1, 0.15) is 6.61 Å². The Morgan fingerprint density at radius 1 is 0.686 bits per heavy atom. The number of amides is 2. The Kier molecular flexibility index (Phi) is 16.1. The van der Waals surface area contributed by atoms with E-state index in [-0.39, 0.29) is 13.2 Å². The molecule has 51 heavy (non-hydrogen) atoms. The van der Waals surface area contributed by atoms with Crippen molar-refractivity contribution in [1.29, 1.82) is 0 Å². The molecule has 2 amide bonds. The maximum Gasteiger partial charge on any atom is 0.336 e. The lowest BCUT2D eigenvalue weighted by Gasteiger charge is -2.28. The van der Waals surface area contributed by atoms with Crippen LogP contribution in [0.5, 0.6) is 0 Å². The summed E-state index contributed by atoms with van der Waals surface area (Å²) in [5.74, 6) is -2.55. The van der Waals surface area contributed by atoms with Crippen molar-refractivity contribution in [2.24, 2.45) is 0 Å². The first-order valence-electron chi connectivity index (χ1n) is 17.9. The Morgan fingerprint density at radius 3 is 2.08 bits per heavy atom. The highest BCUT2D eigenvalue weighted by Gasteiger charge is 2.38. The van der Waals surface area contributed by atoms with Crippen LogP contribution in [0, 0.1) is 13.8 Å². The lowest BCUT2D eigenvalue weighted by Crippen LogP contribution is -2.50. The van der Waals surface area contributed by atoms with Gasteiger partial charge in [0.15, 0.2) is 12.2 Å². The summed E-state index contributed by atoms with van der Waals surface area (Å²) < 4.78 is 11.5. The summed E-state index contributed by atoms with van der Waals surface area (Å²) in [7, 11) is 1.65. The van der Waals surface area contributed by atoms with Crippen LogP contribution in [0.25, 0.3) is 10.8 Å². The first-order valence-corrected chi connectivity index (χ1v) is 17.9. The largest absolute Gasteiger partial charge is 0.479 e. The summed E-state index contributed by atoms with van der Waals surface area (Å²) in [4.78, 5) is 45.3. The summed E-state index contributed by atoms with van der Waals surface area (Å²) in [6.07, 6.45) is 3.81. The number of carbonyl (C=O) groups excluding carboxylic acids is 2. The van der Waals surface area contributed by atoms with E-state index < -0.39 is 36.6 Å². The van der Waals surface area contributed by atoms with E-state index in [1.54, 1.807) is 7.05 Å². The highest BCUT2D eigenvalue weighted by Crippen LogP contribution is 2.18. The average Bonchev–Trinajstić information content (AvgIpc) is 3.13. The number of aryl methyl sites for hydroxylation is 4. The molecule has 0 aliphatic carbocycles. The number of benzene rings is 4. The number of hydrogen-bond acceptors (Lipinski definition) is 6. The quantitative estimate of drug-likeness (QED) is 0.0663. The lowest BCUT2D eigenvalue weighted by atomic mass is 10.0. The lowest BCUT2D eigenvalue weighted by molar-refractivity contribution is -0.175. The molecule has 0 aliphatic heterocycles. The molecule has 0 radical (unpaired) electrons. The van der Waals surface area contributed by atoms with Gasteiger partial charge in [-0.05, 0) is 91.0 Å². The molecule has 272 valence electrons. The number of hydroxylamine groups is 1. The molecule has 9 nitrogen and oxygen atoms in total. The third-order valence-corrected chi connectivity index (χ3v) is 9.05. The first kappa shape index (κ1) is 39.2. The van der Waals surface area contributed by atoms with Crippen molar-refractivity contribution in [3.8, 4) is 0 Å². The molecule has 0 fully saturated rings. The van der Waals surface area contributed by atoms with Gasteiger partial charge in [0.05, 0.1) is 6.61 Å². The van der Waals surface area contributed by atoms with Crippen molar-refractivity contribution in [2.45, 2.75) is 84.0 Å². The van der Waals surface area contributed by atoms with Gasteiger partial charge >= 0.3 is 5.97 Å². The second-order valence-electron chi connectivity index (χ2n) is 13.1. The first-order chi connectivity index (χ1) is 24.7. The van der Waals surface area contributed by atoms with Gasteiger partial charge in [-0.2, -0.15) is 0 Å². The molecule has 4 aromatic carbocycles. The van der Waals surface area contributed by atoms with Gasteiger partial charge in [0, 0.05) is 20.2 Å². The van der Waals surface area contributed by atoms with Crippen molar-refractivity contribution in [3.63, 3.8) is 0 Å². The molecule has 4 aromatic rings. The van der Waals surface area contributed by atoms with Crippen LogP contribution in [0.4, 0.5) is 0 Å². The second kappa shape index (κ2) is 20.9. The maximum atomic E-state index is 13.7. The van der Waals surface area contributed by atoms with Gasteiger partial charge in [-0.3, -0.25) is 14.4 Å². The Labute approximate surface area is 301 Å². The minimum absolute atomic E-state index is 0.135. The number of carbonyl (C=O) groups is 3. The topological polar surface area (TPSA) is 114 Å². The number of unbranched alkanes of at least 4 members (excludes halogenated alkanes) is 4. The highest BCUT2D eigenvalue weighted by atomic mass is 16.7. The van der Waals surface area contributed by atoms with Crippen LogP contribution in [0.15, 0.2) is 91.0 Å². The van der Waals surface area contributed by atoms with Crippen LogP contribution in [0.1, 0.15) is 66.3 Å². The van der Waals surface area contributed by atoms with Gasteiger partial charge in [-0.15, -0.1) is 0 Å². The number of carboxylic acids is 1. The van der Waals surface area contributed by atoms with Gasteiger partial charge < -0.3 is 19.5 Å². The molecule has 9 heteroatoms. The smallest absolute Gasteiger partial charge is 0.336 e. The fourth-order valence-electron chi connectivity index (χ4n) is 5.90. The number of fused-ring (bicyclic) bond motifs is 1.